The Kier molecular flexibility index (Phi) is 5.78. The van der Waals surface area contributed by atoms with Crippen LogP contribution in [0.3, 0.4) is 0 Å². The highest BCUT2D eigenvalue weighted by Crippen LogP contribution is 2.17. The SMILES string of the molecule is CCc1ccccc1NC(=O)c1ccnc(C(=O)Nc2cccc(C#N)c2)c1. The fourth-order valence-electron chi connectivity index (χ4n) is 2.70. The summed E-state index contributed by atoms with van der Waals surface area (Å²) >= 11 is 0. The molecule has 2 amide bonds. The van der Waals surface area contributed by atoms with Gasteiger partial charge in [-0.15, -0.1) is 0 Å². The van der Waals surface area contributed by atoms with E-state index in [1.165, 1.54) is 12.3 Å². The maximum absolute atomic E-state index is 12.6. The second-order valence-corrected chi connectivity index (χ2v) is 6.04. The third-order valence-electron chi connectivity index (χ3n) is 4.15. The summed E-state index contributed by atoms with van der Waals surface area (Å²) in [7, 11) is 0. The van der Waals surface area contributed by atoms with Crippen molar-refractivity contribution in [3.8, 4) is 6.07 Å². The number of benzene rings is 2. The number of nitrogens with one attached hydrogen (secondary N) is 2. The molecule has 0 saturated heterocycles. The lowest BCUT2D eigenvalue weighted by molar-refractivity contribution is 0.102. The maximum atomic E-state index is 12.6. The van der Waals surface area contributed by atoms with Crippen molar-refractivity contribution in [3.63, 3.8) is 0 Å². The van der Waals surface area contributed by atoms with E-state index in [0.29, 0.717) is 16.8 Å². The highest BCUT2D eigenvalue weighted by molar-refractivity contribution is 6.08. The van der Waals surface area contributed by atoms with Gasteiger partial charge in [0.05, 0.1) is 11.6 Å². The largest absolute Gasteiger partial charge is 0.322 e. The first-order valence-corrected chi connectivity index (χ1v) is 8.77. The minimum atomic E-state index is -0.460. The first-order chi connectivity index (χ1) is 13.6. The average Bonchev–Trinajstić information content (AvgIpc) is 2.74. The van der Waals surface area contributed by atoms with E-state index < -0.39 is 5.91 Å². The summed E-state index contributed by atoms with van der Waals surface area (Å²) in [5.74, 6) is -0.775. The highest BCUT2D eigenvalue weighted by Gasteiger charge is 2.13. The number of nitrogens with zero attached hydrogens (tertiary/aromatic N) is 2. The molecular formula is C22H18N4O2. The van der Waals surface area contributed by atoms with Crippen molar-refractivity contribution >= 4 is 23.2 Å². The molecule has 2 N–H and O–H groups in total. The van der Waals surface area contributed by atoms with Crippen molar-refractivity contribution in [2.75, 3.05) is 10.6 Å². The second-order valence-electron chi connectivity index (χ2n) is 6.04. The molecule has 0 saturated carbocycles. The zero-order valence-electron chi connectivity index (χ0n) is 15.3. The molecule has 0 spiro atoms. The molecule has 1 aromatic heterocycles. The summed E-state index contributed by atoms with van der Waals surface area (Å²) in [4.78, 5) is 29.1. The van der Waals surface area contributed by atoms with Crippen LogP contribution in [-0.4, -0.2) is 16.8 Å². The quantitative estimate of drug-likeness (QED) is 0.709. The number of aromatic nitrogens is 1. The number of para-hydroxylation sites is 1. The van der Waals surface area contributed by atoms with Crippen LogP contribution in [0.15, 0.2) is 66.9 Å². The molecule has 0 bridgehead atoms. The molecule has 0 radical (unpaired) electrons. The molecular weight excluding hydrogens is 352 g/mol. The summed E-state index contributed by atoms with van der Waals surface area (Å²) in [6.45, 7) is 2.02. The zero-order valence-corrected chi connectivity index (χ0v) is 15.3. The topological polar surface area (TPSA) is 94.9 Å². The normalized spacial score (nSPS) is 10.0. The fraction of sp³-hybridized carbons (Fsp3) is 0.0909. The minimum absolute atomic E-state index is 0.110. The number of hydrogen-bond acceptors (Lipinski definition) is 4. The Morgan fingerprint density at radius 1 is 1.00 bits per heavy atom. The van der Waals surface area contributed by atoms with Gasteiger partial charge in [0.25, 0.3) is 11.8 Å². The Morgan fingerprint density at radius 2 is 1.82 bits per heavy atom. The van der Waals surface area contributed by atoms with Crippen LogP contribution in [0.1, 0.15) is 38.9 Å². The van der Waals surface area contributed by atoms with E-state index in [2.05, 4.69) is 15.6 Å². The molecule has 1 heterocycles. The monoisotopic (exact) mass is 370 g/mol. The van der Waals surface area contributed by atoms with Gasteiger partial charge >= 0.3 is 0 Å². The van der Waals surface area contributed by atoms with Crippen LogP contribution in [0, 0.1) is 11.3 Å². The van der Waals surface area contributed by atoms with Gasteiger partial charge in [0.2, 0.25) is 0 Å². The summed E-state index contributed by atoms with van der Waals surface area (Å²) < 4.78 is 0. The maximum Gasteiger partial charge on any atom is 0.274 e. The zero-order chi connectivity index (χ0) is 19.9. The number of carbonyl (C=O) groups is 2. The Hall–Kier alpha value is -3.98. The van der Waals surface area contributed by atoms with Crippen molar-refractivity contribution in [2.24, 2.45) is 0 Å². The summed E-state index contributed by atoms with van der Waals surface area (Å²) in [6, 6.07) is 19.1. The van der Waals surface area contributed by atoms with E-state index in [1.807, 2.05) is 37.3 Å². The van der Waals surface area contributed by atoms with Crippen LogP contribution in [0.25, 0.3) is 0 Å². The first-order valence-electron chi connectivity index (χ1n) is 8.77. The van der Waals surface area contributed by atoms with Crippen molar-refractivity contribution in [2.45, 2.75) is 13.3 Å². The predicted octanol–water partition coefficient (Wildman–Crippen LogP) is 4.02. The van der Waals surface area contributed by atoms with Gasteiger partial charge in [-0.3, -0.25) is 14.6 Å². The van der Waals surface area contributed by atoms with Crippen LogP contribution in [0.4, 0.5) is 11.4 Å². The number of aryl methyl sites for hydroxylation is 1. The molecule has 0 unspecified atom stereocenters. The lowest BCUT2D eigenvalue weighted by Crippen LogP contribution is -2.17. The standard InChI is InChI=1S/C22H18N4O2/c1-2-16-7-3-4-9-19(16)26-21(27)17-10-11-24-20(13-17)22(28)25-18-8-5-6-15(12-18)14-23/h3-13H,2H2,1H3,(H,25,28)(H,26,27). The van der Waals surface area contributed by atoms with Gasteiger partial charge in [0, 0.05) is 23.1 Å². The molecule has 0 aliphatic rings. The van der Waals surface area contributed by atoms with E-state index in [-0.39, 0.29) is 11.6 Å². The Balaban J connectivity index is 1.76. The van der Waals surface area contributed by atoms with Crippen LogP contribution in [-0.2, 0) is 6.42 Å². The summed E-state index contributed by atoms with van der Waals surface area (Å²) in [6.07, 6.45) is 2.21. The molecule has 3 rings (SSSR count). The summed E-state index contributed by atoms with van der Waals surface area (Å²) in [5.41, 5.74) is 3.13. The van der Waals surface area contributed by atoms with Gasteiger partial charge in [-0.05, 0) is 48.4 Å². The van der Waals surface area contributed by atoms with Gasteiger partial charge in [0.15, 0.2) is 0 Å². The van der Waals surface area contributed by atoms with Gasteiger partial charge in [-0.2, -0.15) is 5.26 Å². The molecule has 6 heteroatoms. The molecule has 6 nitrogen and oxygen atoms in total. The van der Waals surface area contributed by atoms with Crippen LogP contribution >= 0.6 is 0 Å². The number of carbonyl (C=O) groups excluding carboxylic acids is 2. The van der Waals surface area contributed by atoms with Crippen LogP contribution < -0.4 is 10.6 Å². The molecule has 0 atom stereocenters. The molecule has 0 aliphatic carbocycles. The number of rotatable bonds is 5. The second kappa shape index (κ2) is 8.60. The van der Waals surface area contributed by atoms with Crippen LogP contribution in [0.5, 0.6) is 0 Å². The summed E-state index contributed by atoms with van der Waals surface area (Å²) in [5, 5.41) is 14.5. The Morgan fingerprint density at radius 3 is 2.61 bits per heavy atom. The highest BCUT2D eigenvalue weighted by atomic mass is 16.2. The van der Waals surface area contributed by atoms with Crippen LogP contribution in [0.2, 0.25) is 0 Å². The van der Waals surface area contributed by atoms with E-state index in [9.17, 15) is 9.59 Å². The van der Waals surface area contributed by atoms with Crippen molar-refractivity contribution in [1.82, 2.24) is 4.98 Å². The predicted molar refractivity (Wildman–Crippen MR) is 107 cm³/mol. The van der Waals surface area contributed by atoms with E-state index in [1.54, 1.807) is 30.3 Å². The third-order valence-corrected chi connectivity index (χ3v) is 4.15. The number of hydrogen-bond donors (Lipinski definition) is 2. The molecule has 2 aromatic carbocycles. The molecule has 138 valence electrons. The average molecular weight is 370 g/mol. The molecule has 28 heavy (non-hydrogen) atoms. The van der Waals surface area contributed by atoms with Crippen molar-refractivity contribution < 1.29 is 9.59 Å². The van der Waals surface area contributed by atoms with E-state index in [4.69, 9.17) is 5.26 Å². The van der Waals surface area contributed by atoms with Gasteiger partial charge in [0.1, 0.15) is 5.69 Å². The lowest BCUT2D eigenvalue weighted by Gasteiger charge is -2.10. The Labute approximate surface area is 162 Å². The molecule has 3 aromatic rings. The number of pyridine rings is 1. The number of nitriles is 1. The Bertz CT molecular complexity index is 1070. The number of amides is 2. The third kappa shape index (κ3) is 4.40. The smallest absolute Gasteiger partial charge is 0.274 e. The molecule has 0 aliphatic heterocycles. The van der Waals surface area contributed by atoms with E-state index in [0.717, 1.165) is 17.7 Å². The van der Waals surface area contributed by atoms with E-state index >= 15 is 0 Å². The van der Waals surface area contributed by atoms with Gasteiger partial charge in [-0.25, -0.2) is 0 Å². The van der Waals surface area contributed by atoms with Gasteiger partial charge in [-0.1, -0.05) is 31.2 Å². The minimum Gasteiger partial charge on any atom is -0.322 e. The van der Waals surface area contributed by atoms with Crippen molar-refractivity contribution in [1.29, 1.82) is 5.26 Å². The lowest BCUT2D eigenvalue weighted by atomic mass is 10.1. The van der Waals surface area contributed by atoms with Crippen molar-refractivity contribution in [3.05, 3.63) is 89.2 Å². The molecule has 0 fully saturated rings. The van der Waals surface area contributed by atoms with Gasteiger partial charge < -0.3 is 10.6 Å². The fourth-order valence-corrected chi connectivity index (χ4v) is 2.70. The first kappa shape index (κ1) is 18.8. The number of anilines is 2.